The third-order valence-corrected chi connectivity index (χ3v) is 12.8. The van der Waals surface area contributed by atoms with Crippen LogP contribution in [-0.4, -0.2) is 109 Å². The number of amides is 6. The SMILES string of the molecule is CC(C)(Cc1ccc(-c2ccc(C[C@@H]3NC(=O)[C@]4(Cc5ccccc5)CCCN(C4)C(=O)/C=C/C(=O)NCC[C@@H](C(=O)NCCOCCN)NC(=O)Cc4ccccc4CNC3=O)cc2)cc1)C(=O)O. The first-order chi connectivity index (χ1) is 33.6. The number of carbonyl (C=O) groups is 7. The number of hydrogen-bond donors (Lipinski definition) is 7. The quantitative estimate of drug-likeness (QED) is 0.0910. The fourth-order valence-electron chi connectivity index (χ4n) is 8.81. The van der Waals surface area contributed by atoms with Crippen LogP contribution in [0.2, 0.25) is 0 Å². The van der Waals surface area contributed by atoms with Crippen molar-refractivity contribution < 1.29 is 43.4 Å². The van der Waals surface area contributed by atoms with Crippen molar-refractivity contribution in [2.75, 3.05) is 45.9 Å². The van der Waals surface area contributed by atoms with E-state index < -0.39 is 58.4 Å². The molecular weight excluding hydrogens is 891 g/mol. The number of nitrogens with zero attached hydrogens (tertiary/aromatic N) is 1. The third-order valence-electron chi connectivity index (χ3n) is 12.8. The highest BCUT2D eigenvalue weighted by Crippen LogP contribution is 2.35. The molecule has 70 heavy (non-hydrogen) atoms. The Morgan fingerprint density at radius 1 is 0.814 bits per heavy atom. The van der Waals surface area contributed by atoms with Gasteiger partial charge in [0, 0.05) is 57.8 Å². The van der Waals surface area contributed by atoms with Crippen molar-refractivity contribution in [3.63, 3.8) is 0 Å². The van der Waals surface area contributed by atoms with Crippen molar-refractivity contribution in [2.24, 2.45) is 16.6 Å². The van der Waals surface area contributed by atoms with Crippen LogP contribution < -0.4 is 32.3 Å². The highest BCUT2D eigenvalue weighted by molar-refractivity contribution is 5.97. The molecule has 4 aromatic rings. The van der Waals surface area contributed by atoms with Crippen LogP contribution in [-0.2, 0) is 70.5 Å². The maximum atomic E-state index is 15.0. The number of nitrogens with two attached hydrogens (primary N) is 1. The largest absolute Gasteiger partial charge is 0.481 e. The zero-order chi connectivity index (χ0) is 50.1. The highest BCUT2D eigenvalue weighted by atomic mass is 16.5. The van der Waals surface area contributed by atoms with Crippen LogP contribution in [0.5, 0.6) is 0 Å². The van der Waals surface area contributed by atoms with Gasteiger partial charge in [0.05, 0.1) is 30.5 Å². The van der Waals surface area contributed by atoms with Crippen LogP contribution in [0, 0.1) is 10.8 Å². The summed E-state index contributed by atoms with van der Waals surface area (Å²) in [5.74, 6) is -3.69. The van der Waals surface area contributed by atoms with E-state index in [2.05, 4.69) is 26.6 Å². The van der Waals surface area contributed by atoms with Gasteiger partial charge in [-0.25, -0.2) is 0 Å². The van der Waals surface area contributed by atoms with Gasteiger partial charge in [0.25, 0.3) is 0 Å². The number of piperidine rings is 1. The third kappa shape index (κ3) is 14.9. The summed E-state index contributed by atoms with van der Waals surface area (Å²) < 4.78 is 5.37. The van der Waals surface area contributed by atoms with Gasteiger partial charge in [-0.2, -0.15) is 0 Å². The summed E-state index contributed by atoms with van der Waals surface area (Å²) in [6, 6.07) is 30.0. The van der Waals surface area contributed by atoms with Crippen molar-refractivity contribution in [1.29, 1.82) is 0 Å². The number of fused-ring (bicyclic) bond motifs is 3. The van der Waals surface area contributed by atoms with E-state index in [-0.39, 0.29) is 64.4 Å². The van der Waals surface area contributed by atoms with Gasteiger partial charge in [-0.3, -0.25) is 33.6 Å². The summed E-state index contributed by atoms with van der Waals surface area (Å²) in [6.45, 7) is 4.84. The Hall–Kier alpha value is -7.17. The molecule has 0 aliphatic carbocycles. The number of carbonyl (C=O) groups excluding carboxylic acids is 6. The van der Waals surface area contributed by atoms with Crippen LogP contribution in [0.1, 0.15) is 60.9 Å². The normalized spacial score (nSPS) is 20.3. The Morgan fingerprint density at radius 3 is 2.17 bits per heavy atom. The van der Waals surface area contributed by atoms with Crippen molar-refractivity contribution in [1.82, 2.24) is 31.5 Å². The molecule has 0 aromatic heterocycles. The van der Waals surface area contributed by atoms with Gasteiger partial charge in [0.15, 0.2) is 0 Å². The molecule has 4 aromatic carbocycles. The van der Waals surface area contributed by atoms with Crippen molar-refractivity contribution in [3.05, 3.63) is 143 Å². The molecule has 0 unspecified atom stereocenters. The van der Waals surface area contributed by atoms with Crippen molar-refractivity contribution >= 4 is 41.4 Å². The zero-order valence-electron chi connectivity index (χ0n) is 40.0. The average molecular weight is 956 g/mol. The second-order valence-electron chi connectivity index (χ2n) is 18.7. The van der Waals surface area contributed by atoms with E-state index in [0.29, 0.717) is 50.1 Å². The fraction of sp³-hybridized carbons (Fsp3) is 0.389. The standard InChI is InChI=1S/C54H65N7O9/c1-53(2,52(68)69)33-39-15-19-41(20-16-39)40-17-13-37(14-18-40)31-45-50(66)58-35-43-12-7-6-11-42(43)32-47(63)59-44(49(65)57-27-30-70-29-25-55)23-26-56-46(62)21-22-48(64)61-28-8-24-54(36-61,51(67)60-45)34-38-9-4-3-5-10-38/h3-7,9-22,44-45H,8,23-36,55H2,1-2H3,(H,56,62)(H,57,65)(H,58,66)(H,59,63)(H,60,67)(H,68,69)/b22-21+/t44-,45-,54-/m0/s1. The molecule has 2 aliphatic rings. The lowest BCUT2D eigenvalue weighted by molar-refractivity contribution is -0.147. The van der Waals surface area contributed by atoms with E-state index >= 15 is 0 Å². The molecule has 6 amide bonds. The molecule has 0 saturated carbocycles. The van der Waals surface area contributed by atoms with E-state index in [1.165, 1.54) is 0 Å². The molecule has 1 fully saturated rings. The van der Waals surface area contributed by atoms with Gasteiger partial charge < -0.3 is 47.1 Å². The molecule has 2 bridgehead atoms. The molecule has 16 heteroatoms. The Bertz CT molecular complexity index is 2500. The summed E-state index contributed by atoms with van der Waals surface area (Å²) in [7, 11) is 0. The number of hydrogen-bond acceptors (Lipinski definition) is 9. The van der Waals surface area contributed by atoms with Gasteiger partial charge in [0.1, 0.15) is 12.1 Å². The fourth-order valence-corrected chi connectivity index (χ4v) is 8.81. The molecule has 0 radical (unpaired) electrons. The van der Waals surface area contributed by atoms with Crippen LogP contribution in [0.4, 0.5) is 0 Å². The van der Waals surface area contributed by atoms with Gasteiger partial charge in [0.2, 0.25) is 35.4 Å². The van der Waals surface area contributed by atoms with Gasteiger partial charge in [-0.05, 0) is 84.9 Å². The maximum Gasteiger partial charge on any atom is 0.309 e. The molecule has 2 heterocycles. The Balaban J connectivity index is 1.29. The van der Waals surface area contributed by atoms with Crippen molar-refractivity contribution in [3.8, 4) is 11.1 Å². The number of carboxylic acids is 1. The minimum absolute atomic E-state index is 0.00149. The highest BCUT2D eigenvalue weighted by Gasteiger charge is 2.44. The lowest BCUT2D eigenvalue weighted by atomic mass is 9.74. The number of benzene rings is 4. The predicted octanol–water partition coefficient (Wildman–Crippen LogP) is 3.40. The summed E-state index contributed by atoms with van der Waals surface area (Å²) in [6.07, 6.45) is 3.91. The second kappa shape index (κ2) is 24.9. The van der Waals surface area contributed by atoms with Gasteiger partial charge in [-0.1, -0.05) is 103 Å². The average Bonchev–Trinajstić information content (AvgIpc) is 3.35. The Labute approximate surface area is 409 Å². The summed E-state index contributed by atoms with van der Waals surface area (Å²) >= 11 is 0. The molecular formula is C54H65N7O9. The molecule has 16 nitrogen and oxygen atoms in total. The topological polar surface area (TPSA) is 238 Å². The number of carboxylic acid groups (broad SMARTS) is 1. The minimum atomic E-state index is -1.14. The Morgan fingerprint density at radius 2 is 1.49 bits per heavy atom. The summed E-state index contributed by atoms with van der Waals surface area (Å²) in [4.78, 5) is 96.5. The van der Waals surface area contributed by atoms with E-state index in [4.69, 9.17) is 10.5 Å². The first kappa shape index (κ1) is 52.2. The molecule has 1 saturated heterocycles. The van der Waals surface area contributed by atoms with E-state index in [9.17, 15) is 38.7 Å². The molecule has 6 rings (SSSR count). The molecule has 2 aliphatic heterocycles. The van der Waals surface area contributed by atoms with Gasteiger partial charge >= 0.3 is 5.97 Å². The smallest absolute Gasteiger partial charge is 0.309 e. The monoisotopic (exact) mass is 955 g/mol. The van der Waals surface area contributed by atoms with Gasteiger partial charge in [-0.15, -0.1) is 0 Å². The van der Waals surface area contributed by atoms with E-state index in [1.54, 1.807) is 43.0 Å². The van der Waals surface area contributed by atoms with Crippen LogP contribution in [0.25, 0.3) is 11.1 Å². The molecule has 370 valence electrons. The number of nitrogens with one attached hydrogen (secondary N) is 5. The predicted molar refractivity (Wildman–Crippen MR) is 265 cm³/mol. The van der Waals surface area contributed by atoms with E-state index in [0.717, 1.165) is 40.0 Å². The lowest BCUT2D eigenvalue weighted by Gasteiger charge is -2.42. The van der Waals surface area contributed by atoms with Crippen LogP contribution in [0.3, 0.4) is 0 Å². The first-order valence-corrected chi connectivity index (χ1v) is 23.9. The maximum absolute atomic E-state index is 15.0. The van der Waals surface area contributed by atoms with Crippen LogP contribution >= 0.6 is 0 Å². The number of rotatable bonds is 14. The number of aliphatic carboxylic acids is 1. The lowest BCUT2D eigenvalue weighted by Crippen LogP contribution is -2.58. The Kier molecular flexibility index (Phi) is 18.6. The summed E-state index contributed by atoms with van der Waals surface area (Å²) in [5.41, 5.74) is 9.09. The number of ether oxygens (including phenoxy) is 1. The zero-order valence-corrected chi connectivity index (χ0v) is 40.0. The van der Waals surface area contributed by atoms with E-state index in [1.807, 2.05) is 78.9 Å². The summed E-state index contributed by atoms with van der Waals surface area (Å²) in [5, 5.41) is 24.0. The first-order valence-electron chi connectivity index (χ1n) is 23.9. The molecule has 3 atom stereocenters. The second-order valence-corrected chi connectivity index (χ2v) is 18.7. The molecule has 8 N–H and O–H groups in total. The minimum Gasteiger partial charge on any atom is -0.481 e. The molecule has 0 spiro atoms. The van der Waals surface area contributed by atoms with Crippen molar-refractivity contribution in [2.45, 2.75) is 77.4 Å². The van der Waals surface area contributed by atoms with Crippen LogP contribution in [0.15, 0.2) is 115 Å².